The molecule has 0 aliphatic heterocycles. The monoisotopic (exact) mass is 237 g/mol. The maximum Gasteiger partial charge on any atom is 0.232 e. The zero-order chi connectivity index (χ0) is 12.3. The van der Waals surface area contributed by atoms with Gasteiger partial charge in [0.25, 0.3) is 0 Å². The Morgan fingerprint density at radius 3 is 2.25 bits per heavy atom. The van der Waals surface area contributed by atoms with Crippen LogP contribution in [0, 0.1) is 19.8 Å². The van der Waals surface area contributed by atoms with Gasteiger partial charge in [-0.1, -0.05) is 24.2 Å². The fourth-order valence-electron chi connectivity index (χ4n) is 1.44. The molecule has 0 saturated heterocycles. The molecule has 1 atom stereocenters. The number of carbonyl (C=O) groups excluding carboxylic acids is 1. The molecule has 0 aromatic heterocycles. The normalized spacial score (nSPS) is 12.0. The first kappa shape index (κ1) is 12.8. The summed E-state index contributed by atoms with van der Waals surface area (Å²) < 4.78 is 0. The zero-order valence-corrected chi connectivity index (χ0v) is 10.6. The van der Waals surface area contributed by atoms with Crippen LogP contribution in [0.1, 0.15) is 18.1 Å². The summed E-state index contributed by atoms with van der Waals surface area (Å²) in [7, 11) is 0. The Kier molecular flexibility index (Phi) is 4.13. The molecule has 1 rings (SSSR count). The molecule has 0 radical (unpaired) electrons. The molecule has 2 nitrogen and oxygen atoms in total. The lowest BCUT2D eigenvalue weighted by atomic mass is 10.1. The summed E-state index contributed by atoms with van der Waals surface area (Å²) in [5.41, 5.74) is 3.03. The van der Waals surface area contributed by atoms with Crippen LogP contribution < -0.4 is 5.32 Å². The summed E-state index contributed by atoms with van der Waals surface area (Å²) in [4.78, 5) is 11.7. The van der Waals surface area contributed by atoms with Crippen molar-refractivity contribution >= 4 is 23.2 Å². The molecule has 0 saturated carbocycles. The Labute approximate surface area is 101 Å². The fraction of sp³-hybridized carbons (Fsp3) is 0.308. The lowest BCUT2D eigenvalue weighted by molar-refractivity contribution is -0.118. The van der Waals surface area contributed by atoms with Gasteiger partial charge in [0, 0.05) is 10.7 Å². The maximum absolute atomic E-state index is 11.7. The van der Waals surface area contributed by atoms with Crippen LogP contribution in [0.5, 0.6) is 0 Å². The standard InChI is InChI=1S/C13H16ClNO/c1-8-5-9(2)7-12(6-8)15-13(16)10(3)11(4)14/h5-7,10H,4H2,1-3H3,(H,15,16). The first-order chi connectivity index (χ1) is 7.40. The number of amides is 1. The highest BCUT2D eigenvalue weighted by Gasteiger charge is 2.14. The lowest BCUT2D eigenvalue weighted by Crippen LogP contribution is -2.20. The predicted octanol–water partition coefficient (Wildman–Crippen LogP) is 3.63. The predicted molar refractivity (Wildman–Crippen MR) is 68.7 cm³/mol. The molecular formula is C13H16ClNO. The van der Waals surface area contributed by atoms with E-state index in [1.54, 1.807) is 6.92 Å². The first-order valence-corrected chi connectivity index (χ1v) is 5.51. The van der Waals surface area contributed by atoms with Crippen LogP contribution >= 0.6 is 11.6 Å². The maximum atomic E-state index is 11.7. The van der Waals surface area contributed by atoms with Gasteiger partial charge in [-0.05, 0) is 44.0 Å². The van der Waals surface area contributed by atoms with Crippen LogP contribution in [0.4, 0.5) is 5.69 Å². The Morgan fingerprint density at radius 2 is 1.81 bits per heavy atom. The molecule has 1 aromatic carbocycles. The van der Waals surface area contributed by atoms with Crippen molar-refractivity contribution in [1.29, 1.82) is 0 Å². The van der Waals surface area contributed by atoms with Crippen molar-refractivity contribution < 1.29 is 4.79 Å². The summed E-state index contributed by atoms with van der Waals surface area (Å²) >= 11 is 5.70. The highest BCUT2D eigenvalue weighted by Crippen LogP contribution is 2.18. The van der Waals surface area contributed by atoms with Crippen molar-refractivity contribution in [3.8, 4) is 0 Å². The van der Waals surface area contributed by atoms with Crippen LogP contribution in [0.2, 0.25) is 0 Å². The van der Waals surface area contributed by atoms with E-state index in [9.17, 15) is 4.79 Å². The molecule has 1 amide bonds. The van der Waals surface area contributed by atoms with Crippen molar-refractivity contribution in [3.05, 3.63) is 40.9 Å². The number of hydrogen-bond acceptors (Lipinski definition) is 1. The second-order valence-corrected chi connectivity index (χ2v) is 4.52. The molecule has 1 aromatic rings. The van der Waals surface area contributed by atoms with E-state index >= 15 is 0 Å². The van der Waals surface area contributed by atoms with Crippen molar-refractivity contribution in [2.75, 3.05) is 5.32 Å². The average molecular weight is 238 g/mol. The average Bonchev–Trinajstić information content (AvgIpc) is 2.14. The van der Waals surface area contributed by atoms with E-state index in [1.165, 1.54) is 0 Å². The van der Waals surface area contributed by atoms with E-state index < -0.39 is 0 Å². The number of nitrogens with one attached hydrogen (secondary N) is 1. The third kappa shape index (κ3) is 3.38. The number of aryl methyl sites for hydroxylation is 2. The smallest absolute Gasteiger partial charge is 0.232 e. The lowest BCUT2D eigenvalue weighted by Gasteiger charge is -2.11. The molecule has 1 unspecified atom stereocenters. The van der Waals surface area contributed by atoms with Gasteiger partial charge < -0.3 is 5.32 Å². The Balaban J connectivity index is 2.81. The van der Waals surface area contributed by atoms with E-state index in [0.29, 0.717) is 5.03 Å². The molecule has 0 spiro atoms. The van der Waals surface area contributed by atoms with E-state index in [4.69, 9.17) is 11.6 Å². The number of halogens is 1. The van der Waals surface area contributed by atoms with Crippen LogP contribution in [-0.4, -0.2) is 5.91 Å². The number of carbonyl (C=O) groups is 1. The molecule has 0 aliphatic rings. The minimum absolute atomic E-state index is 0.134. The largest absolute Gasteiger partial charge is 0.326 e. The summed E-state index contributed by atoms with van der Waals surface area (Å²) in [5.74, 6) is -0.521. The molecule has 1 N–H and O–H groups in total. The molecule has 0 heterocycles. The molecule has 3 heteroatoms. The van der Waals surface area contributed by atoms with E-state index in [0.717, 1.165) is 16.8 Å². The van der Waals surface area contributed by atoms with Gasteiger partial charge in [-0.25, -0.2) is 0 Å². The first-order valence-electron chi connectivity index (χ1n) is 5.13. The third-order valence-corrected chi connectivity index (χ3v) is 2.68. The van der Waals surface area contributed by atoms with Gasteiger partial charge in [0.2, 0.25) is 5.91 Å². The summed E-state index contributed by atoms with van der Waals surface area (Å²) in [6.07, 6.45) is 0. The van der Waals surface area contributed by atoms with Crippen LogP contribution in [0.25, 0.3) is 0 Å². The number of anilines is 1. The number of rotatable bonds is 3. The molecule has 16 heavy (non-hydrogen) atoms. The summed E-state index contributed by atoms with van der Waals surface area (Å²) in [6.45, 7) is 9.27. The van der Waals surface area contributed by atoms with Gasteiger partial charge in [-0.2, -0.15) is 0 Å². The molecular weight excluding hydrogens is 222 g/mol. The van der Waals surface area contributed by atoms with Crippen LogP contribution in [0.3, 0.4) is 0 Å². The quantitative estimate of drug-likeness (QED) is 0.855. The fourth-order valence-corrected chi connectivity index (χ4v) is 1.54. The zero-order valence-electron chi connectivity index (χ0n) is 9.80. The third-order valence-electron chi connectivity index (χ3n) is 2.35. The van der Waals surface area contributed by atoms with Crippen LogP contribution in [0.15, 0.2) is 29.8 Å². The Bertz CT molecular complexity index is 406. The minimum Gasteiger partial charge on any atom is -0.326 e. The second-order valence-electron chi connectivity index (χ2n) is 4.03. The highest BCUT2D eigenvalue weighted by molar-refractivity contribution is 6.31. The van der Waals surface area contributed by atoms with E-state index in [2.05, 4.69) is 18.0 Å². The van der Waals surface area contributed by atoms with Crippen molar-refractivity contribution in [2.24, 2.45) is 5.92 Å². The molecule has 0 bridgehead atoms. The van der Waals surface area contributed by atoms with Crippen molar-refractivity contribution in [2.45, 2.75) is 20.8 Å². The highest BCUT2D eigenvalue weighted by atomic mass is 35.5. The SMILES string of the molecule is C=C(Cl)C(C)C(=O)Nc1cc(C)cc(C)c1. The Morgan fingerprint density at radius 1 is 1.31 bits per heavy atom. The summed E-state index contributed by atoms with van der Waals surface area (Å²) in [5, 5.41) is 3.17. The van der Waals surface area contributed by atoms with Gasteiger partial charge in [0.05, 0.1) is 5.92 Å². The van der Waals surface area contributed by atoms with Gasteiger partial charge in [0.1, 0.15) is 0 Å². The Hall–Kier alpha value is -1.28. The minimum atomic E-state index is -0.387. The van der Waals surface area contributed by atoms with E-state index in [-0.39, 0.29) is 11.8 Å². The van der Waals surface area contributed by atoms with Gasteiger partial charge in [0.15, 0.2) is 0 Å². The van der Waals surface area contributed by atoms with Crippen LogP contribution in [-0.2, 0) is 4.79 Å². The van der Waals surface area contributed by atoms with Crippen molar-refractivity contribution in [3.63, 3.8) is 0 Å². The molecule has 0 fully saturated rings. The van der Waals surface area contributed by atoms with Crippen molar-refractivity contribution in [1.82, 2.24) is 0 Å². The molecule has 86 valence electrons. The van der Waals surface area contributed by atoms with Gasteiger partial charge in [-0.3, -0.25) is 4.79 Å². The topological polar surface area (TPSA) is 29.1 Å². The second kappa shape index (κ2) is 5.17. The van der Waals surface area contributed by atoms with E-state index in [1.807, 2.05) is 26.0 Å². The number of benzene rings is 1. The summed E-state index contributed by atoms with van der Waals surface area (Å²) in [6, 6.07) is 5.91. The number of hydrogen-bond donors (Lipinski definition) is 1. The molecule has 0 aliphatic carbocycles. The van der Waals surface area contributed by atoms with Gasteiger partial charge >= 0.3 is 0 Å². The van der Waals surface area contributed by atoms with Gasteiger partial charge in [-0.15, -0.1) is 0 Å².